The Morgan fingerprint density at radius 2 is 2.06 bits per heavy atom. The summed E-state index contributed by atoms with van der Waals surface area (Å²) in [7, 11) is 0. The van der Waals surface area contributed by atoms with Gasteiger partial charge in [-0.25, -0.2) is 0 Å². The van der Waals surface area contributed by atoms with E-state index < -0.39 is 6.10 Å². The van der Waals surface area contributed by atoms with Crippen molar-refractivity contribution in [3.8, 4) is 0 Å². The van der Waals surface area contributed by atoms with Crippen LogP contribution in [0.5, 0.6) is 0 Å². The van der Waals surface area contributed by atoms with Gasteiger partial charge in [-0.3, -0.25) is 4.79 Å². The van der Waals surface area contributed by atoms with Crippen molar-refractivity contribution in [2.24, 2.45) is 5.92 Å². The summed E-state index contributed by atoms with van der Waals surface area (Å²) in [6.07, 6.45) is 3.30. The molecule has 1 saturated carbocycles. The molecule has 0 bridgehead atoms. The topological polar surface area (TPSA) is 49.3 Å². The van der Waals surface area contributed by atoms with Crippen LogP contribution in [0.3, 0.4) is 0 Å². The minimum absolute atomic E-state index is 0.150. The molecule has 0 spiro atoms. The number of aliphatic hydroxyl groups is 1. The molecule has 0 radical (unpaired) electrons. The first-order valence-corrected chi connectivity index (χ1v) is 6.28. The van der Waals surface area contributed by atoms with E-state index in [1.165, 1.54) is 6.42 Å². The number of amides is 1. The van der Waals surface area contributed by atoms with Crippen LogP contribution in [0.25, 0.3) is 0 Å². The van der Waals surface area contributed by atoms with Crippen LogP contribution in [0.4, 0.5) is 0 Å². The first-order chi connectivity index (χ1) is 8.27. The van der Waals surface area contributed by atoms with Crippen molar-refractivity contribution >= 4 is 5.91 Å². The Labute approximate surface area is 102 Å². The van der Waals surface area contributed by atoms with Gasteiger partial charge in [0.15, 0.2) is 0 Å². The van der Waals surface area contributed by atoms with Crippen LogP contribution in [0.1, 0.15) is 37.4 Å². The van der Waals surface area contributed by atoms with E-state index in [4.69, 9.17) is 0 Å². The van der Waals surface area contributed by atoms with Crippen LogP contribution >= 0.6 is 0 Å². The molecular formula is C14H19NO2. The van der Waals surface area contributed by atoms with E-state index in [0.29, 0.717) is 13.0 Å². The van der Waals surface area contributed by atoms with Crippen LogP contribution in [0.15, 0.2) is 30.3 Å². The molecule has 1 aromatic rings. The van der Waals surface area contributed by atoms with Crippen LogP contribution in [-0.2, 0) is 4.79 Å². The normalized spacial score (nSPS) is 17.2. The maximum atomic E-state index is 11.6. The fourth-order valence-electron chi connectivity index (χ4n) is 1.99. The number of hydrogen-bond donors (Lipinski definition) is 2. The summed E-state index contributed by atoms with van der Waals surface area (Å²) in [6, 6.07) is 9.54. The molecule has 2 N–H and O–H groups in total. The number of rotatable bonds is 5. The fourth-order valence-corrected chi connectivity index (χ4v) is 1.99. The summed E-state index contributed by atoms with van der Waals surface area (Å²) in [5.41, 5.74) is 0.908. The molecule has 1 aromatic carbocycles. The SMILES string of the molecule is O=C(NCCC(O)c1ccccc1)C1CCC1. The predicted octanol–water partition coefficient (Wildman–Crippen LogP) is 2.03. The summed E-state index contributed by atoms with van der Waals surface area (Å²) in [4.78, 5) is 11.6. The third kappa shape index (κ3) is 3.30. The summed E-state index contributed by atoms with van der Waals surface area (Å²) < 4.78 is 0. The van der Waals surface area contributed by atoms with Crippen molar-refractivity contribution in [3.05, 3.63) is 35.9 Å². The Morgan fingerprint density at radius 1 is 1.35 bits per heavy atom. The first kappa shape index (κ1) is 12.1. The highest BCUT2D eigenvalue weighted by molar-refractivity contribution is 5.79. The lowest BCUT2D eigenvalue weighted by Gasteiger charge is -2.24. The van der Waals surface area contributed by atoms with Crippen LogP contribution in [0.2, 0.25) is 0 Å². The number of carbonyl (C=O) groups excluding carboxylic acids is 1. The summed E-state index contributed by atoms with van der Waals surface area (Å²) in [6.45, 7) is 0.547. The van der Waals surface area contributed by atoms with Gasteiger partial charge in [-0.05, 0) is 24.8 Å². The van der Waals surface area contributed by atoms with E-state index in [2.05, 4.69) is 5.32 Å². The van der Waals surface area contributed by atoms with E-state index in [0.717, 1.165) is 18.4 Å². The molecule has 0 aromatic heterocycles. The number of hydrogen-bond acceptors (Lipinski definition) is 2. The van der Waals surface area contributed by atoms with Crippen LogP contribution < -0.4 is 5.32 Å². The lowest BCUT2D eigenvalue weighted by Crippen LogP contribution is -2.35. The second kappa shape index (κ2) is 5.82. The maximum Gasteiger partial charge on any atom is 0.223 e. The van der Waals surface area contributed by atoms with Gasteiger partial charge in [0.25, 0.3) is 0 Å². The molecule has 2 rings (SSSR count). The minimum Gasteiger partial charge on any atom is -0.388 e. The lowest BCUT2D eigenvalue weighted by molar-refractivity contribution is -0.127. The van der Waals surface area contributed by atoms with Gasteiger partial charge in [-0.2, -0.15) is 0 Å². The number of benzene rings is 1. The zero-order chi connectivity index (χ0) is 12.1. The lowest BCUT2D eigenvalue weighted by atomic mass is 9.85. The number of nitrogens with one attached hydrogen (secondary N) is 1. The third-order valence-electron chi connectivity index (χ3n) is 3.38. The molecule has 1 aliphatic carbocycles. The highest BCUT2D eigenvalue weighted by atomic mass is 16.3. The average Bonchev–Trinajstić information content (AvgIpc) is 2.27. The van der Waals surface area contributed by atoms with E-state index in [-0.39, 0.29) is 11.8 Å². The Hall–Kier alpha value is -1.35. The van der Waals surface area contributed by atoms with Crippen LogP contribution in [-0.4, -0.2) is 17.6 Å². The highest BCUT2D eigenvalue weighted by Gasteiger charge is 2.24. The molecular weight excluding hydrogens is 214 g/mol. The van der Waals surface area contributed by atoms with Gasteiger partial charge in [-0.1, -0.05) is 36.8 Å². The largest absolute Gasteiger partial charge is 0.388 e. The second-order valence-electron chi connectivity index (χ2n) is 4.63. The molecule has 3 nitrogen and oxygen atoms in total. The van der Waals surface area contributed by atoms with Gasteiger partial charge < -0.3 is 10.4 Å². The molecule has 17 heavy (non-hydrogen) atoms. The molecule has 1 amide bonds. The molecule has 3 heteroatoms. The van der Waals surface area contributed by atoms with Crippen molar-refractivity contribution in [1.82, 2.24) is 5.32 Å². The molecule has 0 saturated heterocycles. The van der Waals surface area contributed by atoms with Crippen molar-refractivity contribution < 1.29 is 9.90 Å². The van der Waals surface area contributed by atoms with E-state index >= 15 is 0 Å². The van der Waals surface area contributed by atoms with Gasteiger partial charge >= 0.3 is 0 Å². The number of aliphatic hydroxyl groups excluding tert-OH is 1. The van der Waals surface area contributed by atoms with Gasteiger partial charge in [0.1, 0.15) is 0 Å². The van der Waals surface area contributed by atoms with Gasteiger partial charge in [0, 0.05) is 12.5 Å². The van der Waals surface area contributed by atoms with Crippen molar-refractivity contribution in [1.29, 1.82) is 0 Å². The van der Waals surface area contributed by atoms with Crippen molar-refractivity contribution in [3.63, 3.8) is 0 Å². The maximum absolute atomic E-state index is 11.6. The average molecular weight is 233 g/mol. The highest BCUT2D eigenvalue weighted by Crippen LogP contribution is 2.26. The Bertz CT molecular complexity index is 360. The molecule has 1 aliphatic rings. The smallest absolute Gasteiger partial charge is 0.223 e. The summed E-state index contributed by atoms with van der Waals surface area (Å²) in [5, 5.41) is 12.8. The molecule has 0 aliphatic heterocycles. The monoisotopic (exact) mass is 233 g/mol. The first-order valence-electron chi connectivity index (χ1n) is 6.28. The van der Waals surface area contributed by atoms with Gasteiger partial charge in [0.2, 0.25) is 5.91 Å². The molecule has 1 fully saturated rings. The van der Waals surface area contributed by atoms with Gasteiger partial charge in [-0.15, -0.1) is 0 Å². The van der Waals surface area contributed by atoms with Crippen LogP contribution in [0, 0.1) is 5.92 Å². The number of carbonyl (C=O) groups is 1. The second-order valence-corrected chi connectivity index (χ2v) is 4.63. The Balaban J connectivity index is 1.69. The molecule has 1 atom stereocenters. The minimum atomic E-state index is -0.488. The van der Waals surface area contributed by atoms with Crippen molar-refractivity contribution in [2.75, 3.05) is 6.54 Å². The van der Waals surface area contributed by atoms with E-state index in [1.807, 2.05) is 30.3 Å². The van der Waals surface area contributed by atoms with Crippen molar-refractivity contribution in [2.45, 2.75) is 31.8 Å². The summed E-state index contributed by atoms with van der Waals surface area (Å²) >= 11 is 0. The quantitative estimate of drug-likeness (QED) is 0.817. The van der Waals surface area contributed by atoms with E-state index in [1.54, 1.807) is 0 Å². The standard InChI is InChI=1S/C14H19NO2/c16-13(11-5-2-1-3-6-11)9-10-15-14(17)12-7-4-8-12/h1-3,5-6,12-13,16H,4,7-10H2,(H,15,17). The van der Waals surface area contributed by atoms with E-state index in [9.17, 15) is 9.90 Å². The Morgan fingerprint density at radius 3 is 2.65 bits per heavy atom. The predicted molar refractivity (Wildman–Crippen MR) is 66.4 cm³/mol. The van der Waals surface area contributed by atoms with Gasteiger partial charge in [0.05, 0.1) is 6.10 Å². The zero-order valence-corrected chi connectivity index (χ0v) is 9.93. The summed E-state index contributed by atoms with van der Waals surface area (Å²) in [5.74, 6) is 0.375. The fraction of sp³-hybridized carbons (Fsp3) is 0.500. The molecule has 92 valence electrons. The molecule has 1 unspecified atom stereocenters. The molecule has 0 heterocycles. The third-order valence-corrected chi connectivity index (χ3v) is 3.38. The Kier molecular flexibility index (Phi) is 4.15. The zero-order valence-electron chi connectivity index (χ0n) is 9.93.